The first-order chi connectivity index (χ1) is 15.1. The molecule has 3 N–H and O–H groups in total. The van der Waals surface area contributed by atoms with Gasteiger partial charge in [-0.25, -0.2) is 19.4 Å². The molecule has 0 aliphatic carbocycles. The van der Waals surface area contributed by atoms with Crippen molar-refractivity contribution in [3.8, 4) is 5.88 Å². The van der Waals surface area contributed by atoms with Crippen LogP contribution in [0.2, 0.25) is 0 Å². The Morgan fingerprint density at radius 3 is 2.75 bits per heavy atom. The van der Waals surface area contributed by atoms with E-state index in [4.69, 9.17) is 19.9 Å². The van der Waals surface area contributed by atoms with Gasteiger partial charge in [0.25, 0.3) is 11.9 Å². The first-order valence-corrected chi connectivity index (χ1v) is 9.29. The summed E-state index contributed by atoms with van der Waals surface area (Å²) >= 11 is 0. The summed E-state index contributed by atoms with van der Waals surface area (Å²) in [6.45, 7) is -0.968. The van der Waals surface area contributed by atoms with Crippen molar-refractivity contribution in [1.82, 2.24) is 9.97 Å². The number of carbonyl (C=O) groups is 1. The van der Waals surface area contributed by atoms with Gasteiger partial charge in [-0.15, -0.1) is 0 Å². The number of hydrogen-bond acceptors (Lipinski definition) is 8. The highest BCUT2D eigenvalue weighted by atomic mass is 19.4. The molecule has 1 fully saturated rings. The van der Waals surface area contributed by atoms with Crippen LogP contribution in [0.1, 0.15) is 16.1 Å². The molecule has 1 aromatic carbocycles. The highest BCUT2D eigenvalue weighted by Crippen LogP contribution is 2.50. The van der Waals surface area contributed by atoms with Crippen molar-refractivity contribution in [3.05, 3.63) is 47.7 Å². The van der Waals surface area contributed by atoms with Crippen LogP contribution in [0.25, 0.3) is 0 Å². The summed E-state index contributed by atoms with van der Waals surface area (Å²) in [5.41, 5.74) is 3.54. The number of nitrogens with zero attached hydrogens (tertiary/aromatic N) is 3. The van der Waals surface area contributed by atoms with E-state index in [1.165, 1.54) is 31.6 Å². The summed E-state index contributed by atoms with van der Waals surface area (Å²) < 4.78 is 70.6. The molecule has 13 heteroatoms. The van der Waals surface area contributed by atoms with Crippen molar-refractivity contribution < 1.29 is 36.6 Å². The molecule has 3 heterocycles. The minimum Gasteiger partial charge on any atom is -0.480 e. The number of amides is 1. The largest absolute Gasteiger partial charge is 0.480 e. The van der Waals surface area contributed by atoms with Crippen molar-refractivity contribution in [2.75, 3.05) is 25.6 Å². The molecule has 4 rings (SSSR count). The summed E-state index contributed by atoms with van der Waals surface area (Å²) in [4.78, 5) is 24.0. The maximum absolute atomic E-state index is 14.8. The lowest BCUT2D eigenvalue weighted by Crippen LogP contribution is -2.50. The van der Waals surface area contributed by atoms with Gasteiger partial charge in [-0.1, -0.05) is 0 Å². The number of methoxy groups -OCH3 is 1. The van der Waals surface area contributed by atoms with Gasteiger partial charge in [0, 0.05) is 11.3 Å². The van der Waals surface area contributed by atoms with E-state index in [9.17, 15) is 22.4 Å². The van der Waals surface area contributed by atoms with Gasteiger partial charge in [-0.2, -0.15) is 13.2 Å². The number of aliphatic imine (C=N–C) groups is 1. The molecule has 32 heavy (non-hydrogen) atoms. The molecule has 1 aromatic heterocycles. The fourth-order valence-corrected chi connectivity index (χ4v) is 3.75. The standard InChI is InChI=1S/C19H17F4N5O4/c1-30-14-7-25-13(6-26-14)16(29)28-9-2-3-12(20)10(4-9)18-8-31-15(19(21,22)23)11(18)5-27-17(24)32-18/h2-4,6-7,11,15H,5,8H2,1H3,(H2,24,27)(H,28,29)/t11-,15+,18-/m1/s1. The van der Waals surface area contributed by atoms with Gasteiger partial charge in [-0.05, 0) is 18.2 Å². The fraction of sp³-hybridized carbons (Fsp3) is 0.368. The quantitative estimate of drug-likeness (QED) is 0.677. The van der Waals surface area contributed by atoms with Crippen LogP contribution in [0.4, 0.5) is 23.2 Å². The summed E-state index contributed by atoms with van der Waals surface area (Å²) in [5.74, 6) is -2.70. The number of anilines is 1. The summed E-state index contributed by atoms with van der Waals surface area (Å²) in [5, 5.41) is 2.50. The summed E-state index contributed by atoms with van der Waals surface area (Å²) in [7, 11) is 1.39. The van der Waals surface area contributed by atoms with Crippen LogP contribution >= 0.6 is 0 Å². The third-order valence-corrected chi connectivity index (χ3v) is 5.24. The zero-order valence-electron chi connectivity index (χ0n) is 16.5. The second-order valence-electron chi connectivity index (χ2n) is 7.14. The number of nitrogens with one attached hydrogen (secondary N) is 1. The number of amidine groups is 1. The fourth-order valence-electron chi connectivity index (χ4n) is 3.75. The Bertz CT molecular complexity index is 1060. The van der Waals surface area contributed by atoms with E-state index >= 15 is 0 Å². The molecular formula is C19H17F4N5O4. The van der Waals surface area contributed by atoms with Crippen LogP contribution in [0.5, 0.6) is 5.88 Å². The first kappa shape index (κ1) is 21.7. The monoisotopic (exact) mass is 455 g/mol. The third-order valence-electron chi connectivity index (χ3n) is 5.24. The normalized spacial score (nSPS) is 24.8. The molecule has 0 bridgehead atoms. The van der Waals surface area contributed by atoms with Crippen LogP contribution < -0.4 is 15.8 Å². The minimum atomic E-state index is -4.72. The van der Waals surface area contributed by atoms with E-state index in [1.807, 2.05) is 0 Å². The molecule has 0 unspecified atom stereocenters. The first-order valence-electron chi connectivity index (χ1n) is 9.29. The molecule has 9 nitrogen and oxygen atoms in total. The molecule has 2 aromatic rings. The van der Waals surface area contributed by atoms with Crippen LogP contribution in [0.15, 0.2) is 35.6 Å². The second kappa shape index (κ2) is 7.89. The molecule has 3 atom stereocenters. The van der Waals surface area contributed by atoms with E-state index in [0.717, 1.165) is 6.07 Å². The molecular weight excluding hydrogens is 438 g/mol. The van der Waals surface area contributed by atoms with Gasteiger partial charge in [0.1, 0.15) is 11.5 Å². The Hall–Kier alpha value is -3.48. The number of alkyl halides is 3. The molecule has 170 valence electrons. The average Bonchev–Trinajstić information content (AvgIpc) is 3.15. The van der Waals surface area contributed by atoms with Crippen molar-refractivity contribution in [2.45, 2.75) is 17.9 Å². The maximum atomic E-state index is 14.8. The lowest BCUT2D eigenvalue weighted by molar-refractivity contribution is -0.217. The van der Waals surface area contributed by atoms with Gasteiger partial charge in [-0.3, -0.25) is 4.79 Å². The van der Waals surface area contributed by atoms with Crippen LogP contribution in [-0.4, -0.2) is 54.4 Å². The van der Waals surface area contributed by atoms with Crippen molar-refractivity contribution in [3.63, 3.8) is 0 Å². The Morgan fingerprint density at radius 2 is 2.09 bits per heavy atom. The van der Waals surface area contributed by atoms with Gasteiger partial charge < -0.3 is 25.3 Å². The van der Waals surface area contributed by atoms with E-state index < -0.39 is 42.1 Å². The number of aromatic nitrogens is 2. The predicted octanol–water partition coefficient (Wildman–Crippen LogP) is 1.99. The SMILES string of the molecule is COc1cnc(C(=O)Nc2ccc(F)c([C@]34CO[C@H](C(F)(F)F)[C@H]3CN=C(N)O4)c2)cn1. The summed E-state index contributed by atoms with van der Waals surface area (Å²) in [6, 6.07) is 3.05. The molecule has 0 saturated carbocycles. The molecule has 1 saturated heterocycles. The Morgan fingerprint density at radius 1 is 1.31 bits per heavy atom. The average molecular weight is 455 g/mol. The lowest BCUT2D eigenvalue weighted by Gasteiger charge is -2.38. The third kappa shape index (κ3) is 3.79. The number of benzene rings is 1. The second-order valence-corrected chi connectivity index (χ2v) is 7.14. The predicted molar refractivity (Wildman–Crippen MR) is 101 cm³/mol. The number of fused-ring (bicyclic) bond motifs is 1. The molecule has 2 aliphatic rings. The molecule has 2 aliphatic heterocycles. The maximum Gasteiger partial charge on any atom is 0.415 e. The highest BCUT2D eigenvalue weighted by molar-refractivity contribution is 6.02. The lowest BCUT2D eigenvalue weighted by atomic mass is 9.79. The Labute approximate surface area is 178 Å². The van der Waals surface area contributed by atoms with E-state index in [0.29, 0.717) is 0 Å². The highest BCUT2D eigenvalue weighted by Gasteiger charge is 2.63. The molecule has 0 radical (unpaired) electrons. The number of nitrogens with two attached hydrogens (primary N) is 1. The smallest absolute Gasteiger partial charge is 0.415 e. The number of hydrogen-bond donors (Lipinski definition) is 2. The van der Waals surface area contributed by atoms with Gasteiger partial charge in [0.2, 0.25) is 5.88 Å². The number of carbonyl (C=O) groups excluding carboxylic acids is 1. The van der Waals surface area contributed by atoms with Crippen LogP contribution in [-0.2, 0) is 15.1 Å². The zero-order chi connectivity index (χ0) is 23.1. The van der Waals surface area contributed by atoms with E-state index in [2.05, 4.69) is 20.3 Å². The number of halogens is 4. The minimum absolute atomic E-state index is 0.0562. The molecule has 1 amide bonds. The van der Waals surface area contributed by atoms with Crippen LogP contribution in [0.3, 0.4) is 0 Å². The van der Waals surface area contributed by atoms with Gasteiger partial charge >= 0.3 is 6.18 Å². The number of ether oxygens (including phenoxy) is 3. The van der Waals surface area contributed by atoms with Crippen molar-refractivity contribution >= 4 is 17.6 Å². The Kier molecular flexibility index (Phi) is 5.36. The zero-order valence-corrected chi connectivity index (χ0v) is 16.5. The van der Waals surface area contributed by atoms with Crippen molar-refractivity contribution in [1.29, 1.82) is 0 Å². The molecule has 0 spiro atoms. The Balaban J connectivity index is 1.67. The summed E-state index contributed by atoms with van der Waals surface area (Å²) in [6.07, 6.45) is -4.52. The van der Waals surface area contributed by atoms with E-state index in [-0.39, 0.29) is 35.4 Å². The van der Waals surface area contributed by atoms with Crippen molar-refractivity contribution in [2.24, 2.45) is 16.6 Å². The number of rotatable bonds is 4. The van der Waals surface area contributed by atoms with Crippen LogP contribution in [0, 0.1) is 11.7 Å². The topological polar surface area (TPSA) is 121 Å². The van der Waals surface area contributed by atoms with Gasteiger partial charge in [0.15, 0.2) is 11.7 Å². The van der Waals surface area contributed by atoms with E-state index in [1.54, 1.807) is 0 Å². The van der Waals surface area contributed by atoms with Gasteiger partial charge in [0.05, 0.1) is 38.6 Å².